The minimum absolute atomic E-state index is 0.000572. The van der Waals surface area contributed by atoms with Crippen LogP contribution in [0.4, 0.5) is 0 Å². The molecule has 0 radical (unpaired) electrons. The van der Waals surface area contributed by atoms with Crippen LogP contribution in [0.25, 0.3) is 11.1 Å². The van der Waals surface area contributed by atoms with Gasteiger partial charge in [0, 0.05) is 24.3 Å². The lowest BCUT2D eigenvalue weighted by molar-refractivity contribution is 0.104. The average molecular weight is 369 g/mol. The van der Waals surface area contributed by atoms with Gasteiger partial charge >= 0.3 is 0 Å². The predicted molar refractivity (Wildman–Crippen MR) is 104 cm³/mol. The van der Waals surface area contributed by atoms with Gasteiger partial charge < -0.3 is 20.3 Å². The first-order valence-electron chi connectivity index (χ1n) is 8.63. The highest BCUT2D eigenvalue weighted by molar-refractivity contribution is 6.07. The lowest BCUT2D eigenvalue weighted by atomic mass is 10.0. The lowest BCUT2D eigenvalue weighted by Crippen LogP contribution is -2.16. The third kappa shape index (κ3) is 4.95. The van der Waals surface area contributed by atoms with Crippen LogP contribution >= 0.6 is 0 Å². The van der Waals surface area contributed by atoms with Crippen LogP contribution in [-0.4, -0.2) is 32.7 Å². The number of hydrogen-bond acceptors (Lipinski definition) is 5. The zero-order chi connectivity index (χ0) is 20.0. The summed E-state index contributed by atoms with van der Waals surface area (Å²) in [7, 11) is 0. The molecule has 1 aromatic heterocycles. The zero-order valence-electron chi connectivity index (χ0n) is 15.3. The Morgan fingerprint density at radius 3 is 2.44 bits per heavy atom. The molecule has 0 fully saturated rings. The molecule has 4 N–H and O–H groups in total. The number of ketones is 1. The van der Waals surface area contributed by atoms with Crippen LogP contribution in [-0.2, 0) is 0 Å². The van der Waals surface area contributed by atoms with E-state index in [9.17, 15) is 24.9 Å². The van der Waals surface area contributed by atoms with E-state index >= 15 is 0 Å². The lowest BCUT2D eigenvalue weighted by Gasteiger charge is -2.08. The first kappa shape index (κ1) is 20.2. The molecule has 1 atom stereocenters. The number of H-pyrrole nitrogens is 1. The Morgan fingerprint density at radius 1 is 1.19 bits per heavy atom. The van der Waals surface area contributed by atoms with Gasteiger partial charge in [0.25, 0.3) is 5.56 Å². The summed E-state index contributed by atoms with van der Waals surface area (Å²) in [6.07, 6.45) is 6.71. The van der Waals surface area contributed by atoms with Gasteiger partial charge in [-0.05, 0) is 37.1 Å². The van der Waals surface area contributed by atoms with E-state index in [0.29, 0.717) is 5.56 Å². The molecule has 0 aliphatic rings. The second kappa shape index (κ2) is 9.00. The van der Waals surface area contributed by atoms with Crippen molar-refractivity contribution in [1.29, 1.82) is 0 Å². The SMILES string of the molecule is CCC(C=C(C)C=CC(=O)c1c(O)c(-c2ccc(O)cc2)c[nH]c1=O)CO. The van der Waals surface area contributed by atoms with Crippen molar-refractivity contribution in [2.24, 2.45) is 5.92 Å². The number of hydrogen-bond donors (Lipinski definition) is 4. The zero-order valence-corrected chi connectivity index (χ0v) is 15.3. The number of nitrogens with one attached hydrogen (secondary N) is 1. The number of allylic oxidation sites excluding steroid dienone is 3. The second-order valence-corrected chi connectivity index (χ2v) is 6.26. The standard InChI is InChI=1S/C21H23NO5/c1-3-14(12-23)10-13(2)4-9-18(25)19-20(26)17(11-22-21(19)27)15-5-7-16(24)8-6-15/h4-11,14,23-24H,3,12H2,1-2H3,(H2,22,26,27). The van der Waals surface area contributed by atoms with E-state index in [1.54, 1.807) is 25.1 Å². The van der Waals surface area contributed by atoms with Crippen LogP contribution in [0, 0.1) is 5.92 Å². The van der Waals surface area contributed by atoms with Gasteiger partial charge in [-0.2, -0.15) is 0 Å². The average Bonchev–Trinajstić information content (AvgIpc) is 2.65. The maximum absolute atomic E-state index is 12.5. The van der Waals surface area contributed by atoms with Crippen molar-refractivity contribution < 1.29 is 20.1 Å². The highest BCUT2D eigenvalue weighted by Gasteiger charge is 2.18. The molecule has 0 bridgehead atoms. The van der Waals surface area contributed by atoms with E-state index in [4.69, 9.17) is 0 Å². The number of carbonyl (C=O) groups excluding carboxylic acids is 1. The minimum atomic E-state index is -0.687. The third-order valence-corrected chi connectivity index (χ3v) is 4.25. The molecule has 0 aliphatic carbocycles. The third-order valence-electron chi connectivity index (χ3n) is 4.25. The fourth-order valence-electron chi connectivity index (χ4n) is 2.63. The van der Waals surface area contributed by atoms with E-state index in [2.05, 4.69) is 4.98 Å². The second-order valence-electron chi connectivity index (χ2n) is 6.26. The number of benzene rings is 1. The first-order valence-corrected chi connectivity index (χ1v) is 8.63. The summed E-state index contributed by atoms with van der Waals surface area (Å²) in [6, 6.07) is 6.03. The van der Waals surface area contributed by atoms with Gasteiger partial charge in [-0.15, -0.1) is 0 Å². The summed E-state index contributed by atoms with van der Waals surface area (Å²) in [4.78, 5) is 27.0. The number of aromatic nitrogens is 1. The Kier molecular flexibility index (Phi) is 6.73. The summed E-state index contributed by atoms with van der Waals surface area (Å²) in [5.41, 5.74) is 0.566. The number of aromatic amines is 1. The number of phenolic OH excluding ortho intramolecular Hbond substituents is 1. The number of pyridine rings is 1. The Bertz CT molecular complexity index is 919. The number of aliphatic hydroxyl groups is 1. The maximum Gasteiger partial charge on any atom is 0.263 e. The molecule has 6 heteroatoms. The topological polar surface area (TPSA) is 111 Å². The van der Waals surface area contributed by atoms with Crippen molar-refractivity contribution in [3.05, 3.63) is 70.2 Å². The van der Waals surface area contributed by atoms with Crippen LogP contribution in [0.5, 0.6) is 11.5 Å². The molecule has 0 saturated carbocycles. The fourth-order valence-corrected chi connectivity index (χ4v) is 2.63. The van der Waals surface area contributed by atoms with Crippen molar-refractivity contribution in [3.8, 4) is 22.6 Å². The minimum Gasteiger partial charge on any atom is -0.508 e. The maximum atomic E-state index is 12.5. The Balaban J connectivity index is 2.36. The summed E-state index contributed by atoms with van der Waals surface area (Å²) >= 11 is 0. The highest BCUT2D eigenvalue weighted by atomic mass is 16.3. The van der Waals surface area contributed by atoms with Gasteiger partial charge in [-0.25, -0.2) is 0 Å². The molecule has 1 aromatic carbocycles. The van der Waals surface area contributed by atoms with Gasteiger partial charge in [0.15, 0.2) is 5.78 Å². The van der Waals surface area contributed by atoms with E-state index < -0.39 is 17.1 Å². The van der Waals surface area contributed by atoms with E-state index in [1.165, 1.54) is 24.4 Å². The van der Waals surface area contributed by atoms with Gasteiger partial charge in [0.2, 0.25) is 0 Å². The van der Waals surface area contributed by atoms with Crippen molar-refractivity contribution in [2.75, 3.05) is 6.61 Å². The summed E-state index contributed by atoms with van der Waals surface area (Å²) in [5.74, 6) is -0.974. The molecular formula is C21H23NO5. The monoisotopic (exact) mass is 369 g/mol. The van der Waals surface area contributed by atoms with Crippen molar-refractivity contribution in [2.45, 2.75) is 20.3 Å². The largest absolute Gasteiger partial charge is 0.508 e. The number of phenols is 1. The molecule has 142 valence electrons. The number of rotatable bonds is 7. The summed E-state index contributed by atoms with van der Waals surface area (Å²) in [5, 5.41) is 29.1. The molecule has 2 rings (SSSR count). The number of aliphatic hydroxyl groups excluding tert-OH is 1. The van der Waals surface area contributed by atoms with Gasteiger partial charge in [0.1, 0.15) is 17.1 Å². The quantitative estimate of drug-likeness (QED) is 0.340. The molecule has 0 spiro atoms. The normalized spacial score (nSPS) is 13.1. The summed E-state index contributed by atoms with van der Waals surface area (Å²) < 4.78 is 0. The molecule has 0 saturated heterocycles. The summed E-state index contributed by atoms with van der Waals surface area (Å²) in [6.45, 7) is 3.76. The molecule has 1 heterocycles. The van der Waals surface area contributed by atoms with Crippen molar-refractivity contribution >= 4 is 5.78 Å². The Hall–Kier alpha value is -3.12. The molecule has 0 amide bonds. The predicted octanol–water partition coefficient (Wildman–Crippen LogP) is 3.16. The number of aromatic hydroxyl groups is 2. The molecular weight excluding hydrogens is 346 g/mol. The van der Waals surface area contributed by atoms with Crippen LogP contribution in [0.15, 0.2) is 59.1 Å². The van der Waals surface area contributed by atoms with Crippen molar-refractivity contribution in [1.82, 2.24) is 4.98 Å². The van der Waals surface area contributed by atoms with E-state index in [0.717, 1.165) is 12.0 Å². The van der Waals surface area contributed by atoms with Gasteiger partial charge in [-0.1, -0.05) is 36.8 Å². The highest BCUT2D eigenvalue weighted by Crippen LogP contribution is 2.31. The van der Waals surface area contributed by atoms with Gasteiger partial charge in [-0.3, -0.25) is 9.59 Å². The van der Waals surface area contributed by atoms with Crippen LogP contribution in [0.3, 0.4) is 0 Å². The van der Waals surface area contributed by atoms with Crippen LogP contribution < -0.4 is 5.56 Å². The smallest absolute Gasteiger partial charge is 0.263 e. The van der Waals surface area contributed by atoms with Gasteiger partial charge in [0.05, 0.1) is 0 Å². The number of carbonyl (C=O) groups is 1. The Morgan fingerprint density at radius 2 is 1.85 bits per heavy atom. The van der Waals surface area contributed by atoms with E-state index in [1.807, 2.05) is 13.0 Å². The Labute approximate surface area is 157 Å². The molecule has 1 unspecified atom stereocenters. The van der Waals surface area contributed by atoms with Crippen LogP contribution in [0.1, 0.15) is 30.6 Å². The molecule has 2 aromatic rings. The van der Waals surface area contributed by atoms with Crippen molar-refractivity contribution in [3.63, 3.8) is 0 Å². The first-order chi connectivity index (χ1) is 12.9. The molecule has 6 nitrogen and oxygen atoms in total. The van der Waals surface area contributed by atoms with Crippen LogP contribution in [0.2, 0.25) is 0 Å². The van der Waals surface area contributed by atoms with E-state index in [-0.39, 0.29) is 29.4 Å². The fraction of sp³-hybridized carbons (Fsp3) is 0.238. The molecule has 27 heavy (non-hydrogen) atoms. The molecule has 0 aliphatic heterocycles.